The van der Waals surface area contributed by atoms with Gasteiger partial charge >= 0.3 is 0 Å². The van der Waals surface area contributed by atoms with E-state index in [-0.39, 0.29) is 6.10 Å². The maximum absolute atomic E-state index is 9.64. The summed E-state index contributed by atoms with van der Waals surface area (Å²) in [5, 5.41) is 18.7. The molecule has 0 radical (unpaired) electrons. The molecule has 4 aromatic rings. The monoisotopic (exact) mass is 463 g/mol. The van der Waals surface area contributed by atoms with Gasteiger partial charge in [-0.05, 0) is 48.7 Å². The number of halogens is 1. The number of β-amino-alcohol motifs (C(OH)–C–C–N with tert-alkyl or cyclic N) is 1. The lowest BCUT2D eigenvalue weighted by molar-refractivity contribution is 0.173. The first-order valence-corrected chi connectivity index (χ1v) is 11.6. The number of hydrogen-bond donors (Lipinski definition) is 2. The van der Waals surface area contributed by atoms with Crippen LogP contribution in [0.15, 0.2) is 71.3 Å². The zero-order valence-corrected chi connectivity index (χ0v) is 19.0. The number of ether oxygens (including phenoxy) is 1. The molecule has 170 valence electrons. The van der Waals surface area contributed by atoms with Crippen molar-refractivity contribution < 1.29 is 14.4 Å². The first-order chi connectivity index (χ1) is 16.2. The number of likely N-dealkylation sites (tertiary alicyclic amines) is 1. The number of nitrogens with one attached hydrogen (secondary N) is 1. The SMILES string of the molecule is OC1CCN(CCCOc2cccc(-c3cccc(Nc4noc5ccccc45)c3)c2Cl)C1. The highest BCUT2D eigenvalue weighted by Gasteiger charge is 2.19. The molecule has 1 fully saturated rings. The zero-order chi connectivity index (χ0) is 22.6. The minimum Gasteiger partial charge on any atom is -0.492 e. The van der Waals surface area contributed by atoms with Gasteiger partial charge in [0.05, 0.1) is 23.1 Å². The molecule has 5 rings (SSSR count). The summed E-state index contributed by atoms with van der Waals surface area (Å²) in [6, 6.07) is 21.6. The Kier molecular flexibility index (Phi) is 6.48. The Morgan fingerprint density at radius 3 is 2.88 bits per heavy atom. The van der Waals surface area contributed by atoms with Gasteiger partial charge < -0.3 is 24.6 Å². The van der Waals surface area contributed by atoms with Crippen molar-refractivity contribution in [1.29, 1.82) is 0 Å². The molecule has 1 unspecified atom stereocenters. The number of aliphatic hydroxyl groups is 1. The Hall–Kier alpha value is -3.06. The van der Waals surface area contributed by atoms with Crippen molar-refractivity contribution in [3.8, 4) is 16.9 Å². The molecule has 2 heterocycles. The molecule has 2 N–H and O–H groups in total. The van der Waals surface area contributed by atoms with Crippen molar-refractivity contribution in [2.45, 2.75) is 18.9 Å². The third kappa shape index (κ3) is 4.98. The van der Waals surface area contributed by atoms with Crippen molar-refractivity contribution >= 4 is 34.1 Å². The van der Waals surface area contributed by atoms with Gasteiger partial charge in [0.25, 0.3) is 0 Å². The van der Waals surface area contributed by atoms with Gasteiger partial charge in [-0.15, -0.1) is 0 Å². The van der Waals surface area contributed by atoms with Crippen molar-refractivity contribution in [2.75, 3.05) is 31.6 Å². The van der Waals surface area contributed by atoms with E-state index in [0.717, 1.165) is 60.3 Å². The van der Waals surface area contributed by atoms with Gasteiger partial charge in [0.2, 0.25) is 0 Å². The molecule has 1 atom stereocenters. The summed E-state index contributed by atoms with van der Waals surface area (Å²) in [4.78, 5) is 2.27. The fourth-order valence-electron chi connectivity index (χ4n) is 4.21. The third-order valence-corrected chi connectivity index (χ3v) is 6.29. The third-order valence-electron chi connectivity index (χ3n) is 5.90. The van der Waals surface area contributed by atoms with Gasteiger partial charge in [0.1, 0.15) is 5.75 Å². The van der Waals surface area contributed by atoms with Gasteiger partial charge in [-0.1, -0.05) is 53.2 Å². The molecule has 1 saturated heterocycles. The van der Waals surface area contributed by atoms with E-state index in [2.05, 4.69) is 15.4 Å². The summed E-state index contributed by atoms with van der Waals surface area (Å²) in [7, 11) is 0. The number of benzene rings is 3. The molecule has 6 nitrogen and oxygen atoms in total. The molecule has 33 heavy (non-hydrogen) atoms. The van der Waals surface area contributed by atoms with Crippen LogP contribution in [0.2, 0.25) is 5.02 Å². The highest BCUT2D eigenvalue weighted by atomic mass is 35.5. The predicted octanol–water partition coefficient (Wildman–Crippen LogP) is 5.73. The van der Waals surface area contributed by atoms with Crippen LogP contribution in [-0.4, -0.2) is 47.5 Å². The van der Waals surface area contributed by atoms with E-state index >= 15 is 0 Å². The van der Waals surface area contributed by atoms with Crippen LogP contribution < -0.4 is 10.1 Å². The molecule has 1 aliphatic rings. The Morgan fingerprint density at radius 1 is 1.12 bits per heavy atom. The van der Waals surface area contributed by atoms with Gasteiger partial charge in [-0.25, -0.2) is 0 Å². The van der Waals surface area contributed by atoms with Crippen molar-refractivity contribution in [2.24, 2.45) is 0 Å². The van der Waals surface area contributed by atoms with Crippen LogP contribution in [0.1, 0.15) is 12.8 Å². The molecule has 1 aliphatic heterocycles. The first kappa shape index (κ1) is 21.8. The maximum atomic E-state index is 9.64. The van der Waals surface area contributed by atoms with Crippen LogP contribution in [0.5, 0.6) is 5.75 Å². The van der Waals surface area contributed by atoms with E-state index in [1.165, 1.54) is 0 Å². The molecule has 0 saturated carbocycles. The standard InChI is InChI=1S/C26H26ClN3O3/c27-25-21(9-4-11-24(25)32-15-5-13-30-14-12-20(31)17-30)18-6-3-7-19(16-18)28-26-22-8-1-2-10-23(22)33-29-26/h1-4,6-11,16,20,31H,5,12-15,17H2,(H,28,29). The zero-order valence-electron chi connectivity index (χ0n) is 18.2. The van der Waals surface area contributed by atoms with E-state index in [1.54, 1.807) is 0 Å². The van der Waals surface area contributed by atoms with Crippen LogP contribution in [0.3, 0.4) is 0 Å². The second-order valence-corrected chi connectivity index (χ2v) is 8.67. The lowest BCUT2D eigenvalue weighted by Gasteiger charge is -2.16. The van der Waals surface area contributed by atoms with E-state index in [1.807, 2.05) is 66.7 Å². The maximum Gasteiger partial charge on any atom is 0.181 e. The summed E-state index contributed by atoms with van der Waals surface area (Å²) in [5.74, 6) is 1.35. The largest absolute Gasteiger partial charge is 0.492 e. The first-order valence-electron chi connectivity index (χ1n) is 11.2. The van der Waals surface area contributed by atoms with E-state index in [9.17, 15) is 5.11 Å². The summed E-state index contributed by atoms with van der Waals surface area (Å²) < 4.78 is 11.4. The molecule has 7 heteroatoms. The predicted molar refractivity (Wildman–Crippen MR) is 131 cm³/mol. The highest BCUT2D eigenvalue weighted by molar-refractivity contribution is 6.34. The number of aliphatic hydroxyl groups excluding tert-OH is 1. The quantitative estimate of drug-likeness (QED) is 0.325. The van der Waals surface area contributed by atoms with Crippen molar-refractivity contribution in [1.82, 2.24) is 10.1 Å². The van der Waals surface area contributed by atoms with Crippen molar-refractivity contribution in [3.05, 3.63) is 71.8 Å². The van der Waals surface area contributed by atoms with Crippen LogP contribution in [-0.2, 0) is 0 Å². The molecular formula is C26H26ClN3O3. The summed E-state index contributed by atoms with van der Waals surface area (Å²) in [5.41, 5.74) is 3.52. The topological polar surface area (TPSA) is 70.8 Å². The Labute approximate surface area is 197 Å². The van der Waals surface area contributed by atoms with Gasteiger partial charge in [0, 0.05) is 30.9 Å². The summed E-state index contributed by atoms with van der Waals surface area (Å²) in [6.07, 6.45) is 1.55. The molecule has 0 amide bonds. The molecule has 0 aliphatic carbocycles. The minimum absolute atomic E-state index is 0.190. The second-order valence-electron chi connectivity index (χ2n) is 8.30. The van der Waals surface area contributed by atoms with Crippen LogP contribution >= 0.6 is 11.6 Å². The van der Waals surface area contributed by atoms with E-state index in [0.29, 0.717) is 23.2 Å². The van der Waals surface area contributed by atoms with Gasteiger partial charge in [-0.2, -0.15) is 0 Å². The average molecular weight is 464 g/mol. The number of rotatable bonds is 8. The normalized spacial score (nSPS) is 16.4. The second kappa shape index (κ2) is 9.83. The Bertz CT molecular complexity index is 1240. The van der Waals surface area contributed by atoms with Gasteiger partial charge in [0.15, 0.2) is 11.4 Å². The number of hydrogen-bond acceptors (Lipinski definition) is 6. The van der Waals surface area contributed by atoms with Crippen LogP contribution in [0.4, 0.5) is 11.5 Å². The van der Waals surface area contributed by atoms with Gasteiger partial charge in [-0.3, -0.25) is 0 Å². The van der Waals surface area contributed by atoms with Crippen LogP contribution in [0, 0.1) is 0 Å². The van der Waals surface area contributed by atoms with E-state index in [4.69, 9.17) is 20.9 Å². The molecular weight excluding hydrogens is 438 g/mol. The lowest BCUT2D eigenvalue weighted by Crippen LogP contribution is -2.24. The van der Waals surface area contributed by atoms with Crippen LogP contribution in [0.25, 0.3) is 22.1 Å². The number of fused-ring (bicyclic) bond motifs is 1. The Morgan fingerprint density at radius 2 is 2.00 bits per heavy atom. The highest BCUT2D eigenvalue weighted by Crippen LogP contribution is 2.37. The number of nitrogens with zero attached hydrogens (tertiary/aromatic N) is 2. The fraction of sp³-hybridized carbons (Fsp3) is 0.269. The summed E-state index contributed by atoms with van der Waals surface area (Å²) in [6.45, 7) is 3.20. The molecule has 3 aromatic carbocycles. The molecule has 0 bridgehead atoms. The minimum atomic E-state index is -0.190. The van der Waals surface area contributed by atoms with Crippen molar-refractivity contribution in [3.63, 3.8) is 0 Å². The molecule has 0 spiro atoms. The van der Waals surface area contributed by atoms with E-state index < -0.39 is 0 Å². The average Bonchev–Trinajstić information content (AvgIpc) is 3.44. The molecule has 1 aromatic heterocycles. The summed E-state index contributed by atoms with van der Waals surface area (Å²) >= 11 is 6.73. The lowest BCUT2D eigenvalue weighted by atomic mass is 10.0. The number of aromatic nitrogens is 1. The Balaban J connectivity index is 1.27. The number of anilines is 2. The fourth-order valence-corrected chi connectivity index (χ4v) is 4.50. The number of para-hydroxylation sites is 1. The smallest absolute Gasteiger partial charge is 0.181 e.